The smallest absolute Gasteiger partial charge is 0.358 e. The van der Waals surface area contributed by atoms with Crippen molar-refractivity contribution in [3.05, 3.63) is 68.8 Å². The first-order chi connectivity index (χ1) is 10.8. The lowest BCUT2D eigenvalue weighted by Crippen LogP contribution is -2.04. The summed E-state index contributed by atoms with van der Waals surface area (Å²) in [4.78, 5) is 3.02. The highest BCUT2D eigenvalue weighted by atomic mass is 35.5. The minimum atomic E-state index is -4.37. The van der Waals surface area contributed by atoms with E-state index in [0.29, 0.717) is 33.1 Å². The number of fused-ring (bicyclic) bond motifs is 1. The molecule has 23 heavy (non-hydrogen) atoms. The van der Waals surface area contributed by atoms with Crippen LogP contribution in [0.25, 0.3) is 10.9 Å². The number of hydrogen-bond acceptors (Lipinski definition) is 0. The summed E-state index contributed by atoms with van der Waals surface area (Å²) in [7, 11) is 0. The van der Waals surface area contributed by atoms with Crippen LogP contribution in [-0.2, 0) is 12.6 Å². The Morgan fingerprint density at radius 2 is 1.91 bits per heavy atom. The second kappa shape index (κ2) is 5.77. The summed E-state index contributed by atoms with van der Waals surface area (Å²) in [5.74, 6) is 0. The fourth-order valence-electron chi connectivity index (χ4n) is 2.57. The molecule has 6 heteroatoms. The number of aryl methyl sites for hydroxylation is 1. The zero-order valence-electron chi connectivity index (χ0n) is 12.0. The number of alkyl halides is 3. The molecule has 0 fully saturated rings. The van der Waals surface area contributed by atoms with Crippen molar-refractivity contribution in [1.82, 2.24) is 4.98 Å². The molecule has 3 rings (SSSR count). The largest absolute Gasteiger partial charge is 0.416 e. The number of H-pyrrole nitrogens is 1. The molecule has 0 aliphatic rings. The van der Waals surface area contributed by atoms with E-state index in [1.807, 2.05) is 6.07 Å². The van der Waals surface area contributed by atoms with Gasteiger partial charge in [-0.1, -0.05) is 29.3 Å². The molecule has 0 amide bonds. The van der Waals surface area contributed by atoms with Gasteiger partial charge in [-0.3, -0.25) is 0 Å². The monoisotopic (exact) mass is 356 g/mol. The molecule has 0 aliphatic heterocycles. The Kier molecular flexibility index (Phi) is 4.07. The van der Waals surface area contributed by atoms with Crippen molar-refractivity contribution in [2.24, 2.45) is 0 Å². The van der Waals surface area contributed by atoms with Crippen LogP contribution in [0.4, 0.5) is 13.2 Å². The highest BCUT2D eigenvalue weighted by Gasteiger charge is 2.31. The van der Waals surface area contributed by atoms with Crippen molar-refractivity contribution in [3.63, 3.8) is 0 Å². The average molecular weight is 357 g/mol. The highest BCUT2D eigenvalue weighted by Crippen LogP contribution is 2.34. The number of rotatable bonds is 2. The molecular weight excluding hydrogens is 346 g/mol. The van der Waals surface area contributed by atoms with Gasteiger partial charge in [-0.15, -0.1) is 0 Å². The first-order valence-electron chi connectivity index (χ1n) is 6.79. The summed E-state index contributed by atoms with van der Waals surface area (Å²) >= 11 is 12.2. The van der Waals surface area contributed by atoms with Crippen molar-refractivity contribution >= 4 is 34.1 Å². The Bertz CT molecular complexity index is 861. The number of aromatic amines is 1. The molecule has 0 aliphatic carbocycles. The zero-order chi connectivity index (χ0) is 16.8. The SMILES string of the molecule is Cc1cc(C(F)(F)F)cc2[nH]c(Cc3c(Cl)[c]ccc3Cl)cc12. The van der Waals surface area contributed by atoms with Crippen LogP contribution in [0.2, 0.25) is 10.0 Å². The van der Waals surface area contributed by atoms with E-state index in [-0.39, 0.29) is 0 Å². The number of halogens is 5. The van der Waals surface area contributed by atoms with Crippen molar-refractivity contribution in [3.8, 4) is 0 Å². The van der Waals surface area contributed by atoms with Crippen LogP contribution < -0.4 is 0 Å². The molecule has 0 saturated carbocycles. The van der Waals surface area contributed by atoms with E-state index >= 15 is 0 Å². The minimum Gasteiger partial charge on any atom is -0.358 e. The summed E-state index contributed by atoms with van der Waals surface area (Å²) in [6, 6.07) is 10.2. The highest BCUT2D eigenvalue weighted by molar-refractivity contribution is 6.35. The molecule has 0 unspecified atom stereocenters. The van der Waals surface area contributed by atoms with E-state index in [0.717, 1.165) is 23.2 Å². The van der Waals surface area contributed by atoms with Gasteiger partial charge in [0.25, 0.3) is 0 Å². The minimum absolute atomic E-state index is 0.393. The number of hydrogen-bond donors (Lipinski definition) is 1. The fourth-order valence-corrected chi connectivity index (χ4v) is 3.07. The van der Waals surface area contributed by atoms with E-state index in [1.165, 1.54) is 0 Å². The van der Waals surface area contributed by atoms with Gasteiger partial charge in [-0.05, 0) is 42.3 Å². The van der Waals surface area contributed by atoms with Crippen LogP contribution in [0, 0.1) is 13.0 Å². The van der Waals surface area contributed by atoms with Crippen LogP contribution in [0.3, 0.4) is 0 Å². The van der Waals surface area contributed by atoms with Crippen LogP contribution in [-0.4, -0.2) is 4.98 Å². The van der Waals surface area contributed by atoms with Gasteiger partial charge >= 0.3 is 6.18 Å². The molecule has 0 spiro atoms. The van der Waals surface area contributed by atoms with Gasteiger partial charge in [0, 0.05) is 34.1 Å². The van der Waals surface area contributed by atoms with Crippen molar-refractivity contribution in [2.45, 2.75) is 19.5 Å². The molecular formula is C17H11Cl2F3N. The van der Waals surface area contributed by atoms with Crippen LogP contribution in [0.5, 0.6) is 0 Å². The summed E-state index contributed by atoms with van der Waals surface area (Å²) in [5, 5.41) is 1.66. The molecule has 2 aromatic carbocycles. The van der Waals surface area contributed by atoms with Gasteiger partial charge < -0.3 is 4.98 Å². The quantitative estimate of drug-likeness (QED) is 0.563. The summed E-state index contributed by atoms with van der Waals surface area (Å²) in [6.07, 6.45) is -3.98. The molecule has 1 aromatic heterocycles. The molecule has 0 atom stereocenters. The lowest BCUT2D eigenvalue weighted by atomic mass is 10.1. The normalized spacial score (nSPS) is 12.1. The lowest BCUT2D eigenvalue weighted by Gasteiger charge is -2.08. The first-order valence-corrected chi connectivity index (χ1v) is 7.55. The molecule has 0 bridgehead atoms. The van der Waals surface area contributed by atoms with E-state index in [1.54, 1.807) is 19.1 Å². The number of aromatic nitrogens is 1. The predicted molar refractivity (Wildman–Crippen MR) is 86.1 cm³/mol. The molecule has 3 aromatic rings. The maximum Gasteiger partial charge on any atom is 0.416 e. The second-order valence-electron chi connectivity index (χ2n) is 5.34. The maximum atomic E-state index is 12.9. The van der Waals surface area contributed by atoms with Crippen molar-refractivity contribution < 1.29 is 13.2 Å². The average Bonchev–Trinajstić information content (AvgIpc) is 2.85. The molecule has 1 radical (unpaired) electrons. The van der Waals surface area contributed by atoms with E-state index < -0.39 is 11.7 Å². The summed E-state index contributed by atoms with van der Waals surface area (Å²) in [6.45, 7) is 1.66. The van der Waals surface area contributed by atoms with E-state index in [4.69, 9.17) is 23.2 Å². The van der Waals surface area contributed by atoms with Gasteiger partial charge in [0.2, 0.25) is 0 Å². The Morgan fingerprint density at radius 3 is 2.57 bits per heavy atom. The standard InChI is InChI=1S/C17H11Cl2F3N/c1-9-5-10(17(20,21)22)6-16-12(9)7-11(23-16)8-13-14(18)3-2-4-15(13)19/h2-3,5-7,23H,8H2,1H3. The fraction of sp³-hybridized carbons (Fsp3) is 0.176. The Labute approximate surface area is 141 Å². The topological polar surface area (TPSA) is 15.8 Å². The van der Waals surface area contributed by atoms with Gasteiger partial charge in [0.05, 0.1) is 10.6 Å². The lowest BCUT2D eigenvalue weighted by molar-refractivity contribution is -0.137. The number of benzene rings is 2. The van der Waals surface area contributed by atoms with Crippen molar-refractivity contribution in [1.29, 1.82) is 0 Å². The van der Waals surface area contributed by atoms with Gasteiger partial charge in [-0.25, -0.2) is 0 Å². The van der Waals surface area contributed by atoms with Gasteiger partial charge in [0.15, 0.2) is 0 Å². The third kappa shape index (κ3) is 3.19. The first kappa shape index (κ1) is 16.2. The van der Waals surface area contributed by atoms with Crippen LogP contribution in [0.1, 0.15) is 22.4 Å². The van der Waals surface area contributed by atoms with E-state index in [2.05, 4.69) is 11.1 Å². The predicted octanol–water partition coefficient (Wildman–Crippen LogP) is 6.19. The van der Waals surface area contributed by atoms with Gasteiger partial charge in [0.1, 0.15) is 0 Å². The Hall–Kier alpha value is -1.65. The summed E-state index contributed by atoms with van der Waals surface area (Å²) < 4.78 is 38.7. The Balaban J connectivity index is 2.05. The molecule has 1 heterocycles. The molecule has 119 valence electrons. The zero-order valence-corrected chi connectivity index (χ0v) is 13.5. The van der Waals surface area contributed by atoms with Crippen molar-refractivity contribution in [2.75, 3.05) is 0 Å². The third-order valence-corrected chi connectivity index (χ3v) is 4.38. The third-order valence-electron chi connectivity index (χ3n) is 3.69. The van der Waals surface area contributed by atoms with Gasteiger partial charge in [-0.2, -0.15) is 13.2 Å². The van der Waals surface area contributed by atoms with E-state index in [9.17, 15) is 13.2 Å². The molecule has 1 N–H and O–H groups in total. The Morgan fingerprint density at radius 1 is 1.17 bits per heavy atom. The number of nitrogens with one attached hydrogen (secondary N) is 1. The van der Waals surface area contributed by atoms with Crippen LogP contribution in [0.15, 0.2) is 30.3 Å². The second-order valence-corrected chi connectivity index (χ2v) is 6.13. The maximum absolute atomic E-state index is 12.9. The molecule has 1 nitrogen and oxygen atoms in total. The molecule has 0 saturated heterocycles. The summed E-state index contributed by atoms with van der Waals surface area (Å²) in [5.41, 5.74) is 1.77. The van der Waals surface area contributed by atoms with Crippen LogP contribution >= 0.6 is 23.2 Å².